The zero-order valence-electron chi connectivity index (χ0n) is 16.4. The van der Waals surface area contributed by atoms with Gasteiger partial charge in [0.2, 0.25) is 0 Å². The van der Waals surface area contributed by atoms with E-state index >= 15 is 0 Å². The van der Waals surface area contributed by atoms with Gasteiger partial charge in [-0.1, -0.05) is 0 Å². The number of quaternary nitrogens is 1. The van der Waals surface area contributed by atoms with E-state index in [1.54, 1.807) is 18.3 Å². The molecule has 0 spiro atoms. The number of thiocarbonyl (C=S) groups is 1. The molecule has 1 fully saturated rings. The fourth-order valence-electron chi connectivity index (χ4n) is 3.67. The summed E-state index contributed by atoms with van der Waals surface area (Å²) < 4.78 is 10.8. The molecule has 0 atom stereocenters. The van der Waals surface area contributed by atoms with Gasteiger partial charge in [0.05, 0.1) is 39.0 Å². The maximum atomic E-state index is 5.79. The summed E-state index contributed by atoms with van der Waals surface area (Å²) in [6, 6.07) is 12.9. The molecule has 2 N–H and O–H groups in total. The smallest absolute Gasteiger partial charge is 0.174 e. The Morgan fingerprint density at radius 2 is 1.96 bits per heavy atom. The molecule has 2 heterocycles. The van der Waals surface area contributed by atoms with Crippen molar-refractivity contribution in [2.75, 3.05) is 25.5 Å². The Hall–Kier alpha value is -2.05. The van der Waals surface area contributed by atoms with Crippen molar-refractivity contribution in [1.29, 1.82) is 0 Å². The molecule has 1 aromatic carbocycles. The second-order valence-corrected chi connectivity index (χ2v) is 7.80. The van der Waals surface area contributed by atoms with E-state index in [0.29, 0.717) is 18.6 Å². The fourth-order valence-corrected chi connectivity index (χ4v) is 4.00. The molecule has 1 aliphatic heterocycles. The quantitative estimate of drug-likeness (QED) is 0.745. The number of nitrogens with zero attached hydrogens (tertiary/aromatic N) is 1. The summed E-state index contributed by atoms with van der Waals surface area (Å²) in [7, 11) is 1.67. The van der Waals surface area contributed by atoms with E-state index in [1.165, 1.54) is 13.1 Å². The highest BCUT2D eigenvalue weighted by molar-refractivity contribution is 7.80. The number of hydrogen-bond acceptors (Lipinski definition) is 3. The van der Waals surface area contributed by atoms with E-state index in [-0.39, 0.29) is 0 Å². The molecule has 0 unspecified atom stereocenters. The second-order valence-electron chi connectivity index (χ2n) is 7.41. The number of methoxy groups -OCH3 is 1. The molecule has 5 nitrogen and oxygen atoms in total. The SMILES string of the molecule is COc1ccc(NC(=S)N(Cc2ccco2)C2CC[NH+](C(C)C)CC2)cc1. The first-order valence-corrected chi connectivity index (χ1v) is 10.1. The Bertz CT molecular complexity index is 708. The van der Waals surface area contributed by atoms with Crippen LogP contribution in [0.2, 0.25) is 0 Å². The summed E-state index contributed by atoms with van der Waals surface area (Å²) in [5.74, 6) is 1.77. The molecule has 3 rings (SSSR count). The number of nitrogens with one attached hydrogen (secondary N) is 2. The number of likely N-dealkylation sites (tertiary alicyclic amines) is 1. The molecule has 27 heavy (non-hydrogen) atoms. The maximum Gasteiger partial charge on any atom is 0.174 e. The predicted molar refractivity (Wildman–Crippen MR) is 112 cm³/mol. The van der Waals surface area contributed by atoms with Crippen LogP contribution < -0.4 is 15.0 Å². The third-order valence-electron chi connectivity index (χ3n) is 5.36. The molecule has 0 bridgehead atoms. The van der Waals surface area contributed by atoms with Crippen molar-refractivity contribution in [1.82, 2.24) is 4.90 Å². The van der Waals surface area contributed by atoms with Crippen LogP contribution in [0.1, 0.15) is 32.4 Å². The van der Waals surface area contributed by atoms with Crippen LogP contribution in [0.5, 0.6) is 5.75 Å². The molecule has 1 aliphatic rings. The van der Waals surface area contributed by atoms with E-state index in [1.807, 2.05) is 36.4 Å². The molecule has 1 aromatic heterocycles. The lowest BCUT2D eigenvalue weighted by molar-refractivity contribution is -0.926. The average molecular weight is 389 g/mol. The number of anilines is 1. The Labute approximate surface area is 167 Å². The van der Waals surface area contributed by atoms with Gasteiger partial charge in [-0.3, -0.25) is 0 Å². The van der Waals surface area contributed by atoms with Gasteiger partial charge in [-0.05, 0) is 62.5 Å². The molecule has 0 radical (unpaired) electrons. The Morgan fingerprint density at radius 3 is 2.52 bits per heavy atom. The number of ether oxygens (including phenoxy) is 1. The largest absolute Gasteiger partial charge is 0.497 e. The maximum absolute atomic E-state index is 5.79. The molecule has 0 amide bonds. The molecular weight excluding hydrogens is 358 g/mol. The highest BCUT2D eigenvalue weighted by Crippen LogP contribution is 2.20. The molecule has 0 aliphatic carbocycles. The van der Waals surface area contributed by atoms with Crippen LogP contribution in [-0.2, 0) is 6.54 Å². The van der Waals surface area contributed by atoms with Crippen LogP contribution in [0.25, 0.3) is 0 Å². The van der Waals surface area contributed by atoms with Gasteiger partial charge < -0.3 is 24.3 Å². The topological polar surface area (TPSA) is 42.1 Å². The van der Waals surface area contributed by atoms with Gasteiger partial charge >= 0.3 is 0 Å². The van der Waals surface area contributed by atoms with Crippen LogP contribution in [0, 0.1) is 0 Å². The highest BCUT2D eigenvalue weighted by atomic mass is 32.1. The van der Waals surface area contributed by atoms with Crippen LogP contribution >= 0.6 is 12.2 Å². The summed E-state index contributed by atoms with van der Waals surface area (Å²) in [6.07, 6.45) is 4.00. The van der Waals surface area contributed by atoms with Crippen molar-refractivity contribution in [3.63, 3.8) is 0 Å². The number of piperidine rings is 1. The molecule has 0 saturated carbocycles. The first-order chi connectivity index (χ1) is 13.1. The molecule has 1 saturated heterocycles. The van der Waals surface area contributed by atoms with Gasteiger partial charge in [0, 0.05) is 24.6 Å². The van der Waals surface area contributed by atoms with Crippen molar-refractivity contribution in [2.45, 2.75) is 45.3 Å². The lowest BCUT2D eigenvalue weighted by Gasteiger charge is -2.39. The second kappa shape index (κ2) is 9.24. The van der Waals surface area contributed by atoms with E-state index in [4.69, 9.17) is 21.4 Å². The summed E-state index contributed by atoms with van der Waals surface area (Å²) in [6.45, 7) is 7.65. The van der Waals surface area contributed by atoms with Gasteiger partial charge in [0.15, 0.2) is 5.11 Å². The van der Waals surface area contributed by atoms with Gasteiger partial charge in [0.25, 0.3) is 0 Å². The summed E-state index contributed by atoms with van der Waals surface area (Å²) >= 11 is 5.79. The predicted octanol–water partition coefficient (Wildman–Crippen LogP) is 2.94. The number of hydrogen-bond donors (Lipinski definition) is 2. The summed E-state index contributed by atoms with van der Waals surface area (Å²) in [4.78, 5) is 3.97. The van der Waals surface area contributed by atoms with Gasteiger partial charge in [-0.2, -0.15) is 0 Å². The number of benzene rings is 1. The van der Waals surface area contributed by atoms with Crippen molar-refractivity contribution >= 4 is 23.0 Å². The van der Waals surface area contributed by atoms with E-state index in [9.17, 15) is 0 Å². The lowest BCUT2D eigenvalue weighted by Crippen LogP contribution is -3.16. The van der Waals surface area contributed by atoms with Gasteiger partial charge in [-0.25, -0.2) is 0 Å². The molecule has 146 valence electrons. The zero-order valence-corrected chi connectivity index (χ0v) is 17.2. The minimum atomic E-state index is 0.427. The molecular formula is C21H30N3O2S+. The zero-order chi connectivity index (χ0) is 19.2. The van der Waals surface area contributed by atoms with Crippen molar-refractivity contribution < 1.29 is 14.1 Å². The summed E-state index contributed by atoms with van der Waals surface area (Å²) in [5.41, 5.74) is 0.968. The third kappa shape index (κ3) is 5.23. The van der Waals surface area contributed by atoms with Crippen molar-refractivity contribution in [2.24, 2.45) is 0 Å². The van der Waals surface area contributed by atoms with Crippen molar-refractivity contribution in [3.05, 3.63) is 48.4 Å². The third-order valence-corrected chi connectivity index (χ3v) is 5.70. The van der Waals surface area contributed by atoms with Gasteiger partial charge in [-0.15, -0.1) is 0 Å². The number of furan rings is 1. The van der Waals surface area contributed by atoms with E-state index in [0.717, 1.165) is 35.2 Å². The molecule has 2 aromatic rings. The van der Waals surface area contributed by atoms with Crippen LogP contribution in [0.4, 0.5) is 5.69 Å². The number of rotatable bonds is 6. The first-order valence-electron chi connectivity index (χ1n) is 9.65. The van der Waals surface area contributed by atoms with Crippen LogP contribution in [0.3, 0.4) is 0 Å². The highest BCUT2D eigenvalue weighted by Gasteiger charge is 2.30. The average Bonchev–Trinajstić information content (AvgIpc) is 3.20. The summed E-state index contributed by atoms with van der Waals surface area (Å²) in [5, 5.41) is 4.14. The van der Waals surface area contributed by atoms with Crippen LogP contribution in [0.15, 0.2) is 47.1 Å². The minimum Gasteiger partial charge on any atom is -0.497 e. The Morgan fingerprint density at radius 1 is 1.26 bits per heavy atom. The standard InChI is InChI=1S/C21H29N3O2S/c1-16(2)23-12-10-18(11-13-23)24(15-20-5-4-14-26-20)21(27)22-17-6-8-19(25-3)9-7-17/h4-9,14,16,18H,10-13,15H2,1-3H3,(H,22,27)/p+1. The van der Waals surface area contributed by atoms with E-state index < -0.39 is 0 Å². The Kier molecular flexibility index (Phi) is 6.74. The van der Waals surface area contributed by atoms with E-state index in [2.05, 4.69) is 24.1 Å². The normalized spacial score (nSPS) is 19.7. The Balaban J connectivity index is 1.69. The van der Waals surface area contributed by atoms with Crippen LogP contribution in [-0.4, -0.2) is 42.3 Å². The molecule has 6 heteroatoms. The first kappa shape index (κ1) is 19.7. The lowest BCUT2D eigenvalue weighted by atomic mass is 10.0. The minimum absolute atomic E-state index is 0.427. The fraction of sp³-hybridized carbons (Fsp3) is 0.476. The van der Waals surface area contributed by atoms with Crippen molar-refractivity contribution in [3.8, 4) is 5.75 Å². The van der Waals surface area contributed by atoms with Gasteiger partial charge in [0.1, 0.15) is 11.5 Å². The monoisotopic (exact) mass is 388 g/mol.